The molecule has 5 heterocycles. The molecule has 0 bridgehead atoms. The number of aromatic nitrogens is 3. The Kier molecular flexibility index (Phi) is 8.49. The molecule has 16 nitrogen and oxygen atoms in total. The molecule has 4 atom stereocenters. The first-order chi connectivity index (χ1) is 22.8. The Labute approximate surface area is 277 Å². The fourth-order valence-electron chi connectivity index (χ4n) is 6.26. The molecule has 5 N–H and O–H groups in total. The number of carbonyl (C=O) groups excluding carboxylic acids is 4. The number of carbonyl (C=O) groups is 5. The Bertz CT molecular complexity index is 1870. The summed E-state index contributed by atoms with van der Waals surface area (Å²) in [5.41, 5.74) is -0.530. The van der Waals surface area contributed by atoms with Crippen LogP contribution in [0.25, 0.3) is 11.0 Å². The molecule has 3 aliphatic heterocycles. The van der Waals surface area contributed by atoms with Gasteiger partial charge < -0.3 is 40.5 Å². The number of β-lactam (4-membered cyclic amide) rings is 1. The number of phenols is 1. The third kappa shape index (κ3) is 5.78. The number of aromatic hydroxyl groups is 1. The molecule has 3 aromatic rings. The molecule has 4 amide bonds. The first-order valence-electron chi connectivity index (χ1n) is 15.3. The minimum atomic E-state index is -1.39. The standard InChI is InChI=1S/C31H34N8O8S/c1-4-19(41)37-9-11-38(12-10-37)30-33-13-17-22(42)18(14-32-24(17)36-30)25(43)34-20(15-5-7-16(40)8-6-15)26(44)35-21-27(45)39-23(29(46)47)31(2,3)48-28(21)39/h5-8,13-14,20-21,23,28,40H,4,9-12H2,1-3H3,(H,34,43)(H,35,44)(H,46,47)(H,32,33,36,42)/t20-,21-,23+,28-/m1/s1. The molecule has 252 valence electrons. The van der Waals surface area contributed by atoms with Gasteiger partial charge in [0, 0.05) is 49.7 Å². The number of anilines is 1. The van der Waals surface area contributed by atoms with Gasteiger partial charge in [0.2, 0.25) is 29.1 Å². The molecule has 0 saturated carbocycles. The monoisotopic (exact) mass is 678 g/mol. The lowest BCUT2D eigenvalue weighted by Crippen LogP contribution is -2.71. The predicted molar refractivity (Wildman–Crippen MR) is 173 cm³/mol. The first-order valence-corrected chi connectivity index (χ1v) is 16.2. The zero-order chi connectivity index (χ0) is 34.5. The lowest BCUT2D eigenvalue weighted by molar-refractivity contribution is -0.161. The number of benzene rings is 1. The lowest BCUT2D eigenvalue weighted by atomic mass is 9.95. The summed E-state index contributed by atoms with van der Waals surface area (Å²) in [6, 6.07) is 1.99. The summed E-state index contributed by atoms with van der Waals surface area (Å²) >= 11 is 1.26. The Balaban J connectivity index is 1.20. The molecule has 6 rings (SSSR count). The minimum absolute atomic E-state index is 0.0471. The predicted octanol–water partition coefficient (Wildman–Crippen LogP) is 0.185. The maximum atomic E-state index is 13.7. The van der Waals surface area contributed by atoms with Gasteiger partial charge in [0.25, 0.3) is 5.91 Å². The molecule has 0 spiro atoms. The van der Waals surface area contributed by atoms with Crippen LogP contribution in [0, 0.1) is 0 Å². The number of aliphatic carboxylic acids is 1. The van der Waals surface area contributed by atoms with Gasteiger partial charge in [-0.05, 0) is 31.5 Å². The van der Waals surface area contributed by atoms with Crippen LogP contribution in [0.1, 0.15) is 49.2 Å². The Hall–Kier alpha value is -5.19. The summed E-state index contributed by atoms with van der Waals surface area (Å²) in [5.74, 6) is -3.01. The zero-order valence-corrected chi connectivity index (χ0v) is 27.1. The van der Waals surface area contributed by atoms with Crippen molar-refractivity contribution in [2.75, 3.05) is 31.1 Å². The second kappa shape index (κ2) is 12.4. The molecule has 17 heteroatoms. The SMILES string of the molecule is CCC(=O)N1CCN(c2ncc3c(=O)c(C(=O)N[C@@H](C(=O)N[C@@H]4C(=O)N5[C@@H]4SC(C)(C)[C@@H]5C(=O)O)c4ccc(O)cc4)c[nH]c3n2)CC1. The van der Waals surface area contributed by atoms with Crippen LogP contribution in [0.3, 0.4) is 0 Å². The number of nitrogens with zero attached hydrogens (tertiary/aromatic N) is 5. The molecule has 0 aliphatic carbocycles. The number of carboxylic acids is 1. The summed E-state index contributed by atoms with van der Waals surface area (Å²) < 4.78 is -0.804. The van der Waals surface area contributed by atoms with Crippen molar-refractivity contribution in [1.82, 2.24) is 35.4 Å². The second-order valence-electron chi connectivity index (χ2n) is 12.3. The molecule has 48 heavy (non-hydrogen) atoms. The van der Waals surface area contributed by atoms with Crippen LogP contribution in [0.5, 0.6) is 5.75 Å². The molecule has 3 aliphatic rings. The van der Waals surface area contributed by atoms with Crippen LogP contribution in [-0.4, -0.2) is 113 Å². The van der Waals surface area contributed by atoms with E-state index in [4.69, 9.17) is 0 Å². The van der Waals surface area contributed by atoms with Crippen LogP contribution in [-0.2, 0) is 19.2 Å². The number of carboxylic acid groups (broad SMARTS) is 1. The number of phenolic OH excluding ortho intramolecular Hbond substituents is 1. The van der Waals surface area contributed by atoms with Crippen LogP contribution >= 0.6 is 11.8 Å². The Morgan fingerprint density at radius 3 is 2.44 bits per heavy atom. The summed E-state index contributed by atoms with van der Waals surface area (Å²) in [6.07, 6.45) is 2.94. The number of amides is 4. The maximum Gasteiger partial charge on any atom is 0.327 e. The third-order valence-electron chi connectivity index (χ3n) is 8.82. The topological polar surface area (TPSA) is 218 Å². The van der Waals surface area contributed by atoms with E-state index in [2.05, 4.69) is 25.6 Å². The molecule has 1 aromatic carbocycles. The van der Waals surface area contributed by atoms with Crippen LogP contribution in [0.2, 0.25) is 0 Å². The van der Waals surface area contributed by atoms with Crippen LogP contribution < -0.4 is 21.0 Å². The van der Waals surface area contributed by atoms with E-state index < -0.39 is 57.4 Å². The molecule has 0 radical (unpaired) electrons. The van der Waals surface area contributed by atoms with Crippen LogP contribution in [0.15, 0.2) is 41.5 Å². The number of hydrogen-bond acceptors (Lipinski definition) is 11. The van der Waals surface area contributed by atoms with Crippen molar-refractivity contribution < 1.29 is 34.2 Å². The highest BCUT2D eigenvalue weighted by molar-refractivity contribution is 8.01. The van der Waals surface area contributed by atoms with Gasteiger partial charge in [-0.1, -0.05) is 19.1 Å². The Morgan fingerprint density at radius 1 is 1.10 bits per heavy atom. The lowest BCUT2D eigenvalue weighted by Gasteiger charge is -2.44. The van der Waals surface area contributed by atoms with Gasteiger partial charge in [0.05, 0.1) is 5.39 Å². The highest BCUT2D eigenvalue weighted by atomic mass is 32.2. The van der Waals surface area contributed by atoms with Crippen molar-refractivity contribution in [3.05, 3.63) is 58.0 Å². The molecule has 3 saturated heterocycles. The highest BCUT2D eigenvalue weighted by Gasteiger charge is 2.64. The van der Waals surface area contributed by atoms with E-state index in [1.54, 1.807) is 18.7 Å². The van der Waals surface area contributed by atoms with Crippen molar-refractivity contribution in [3.63, 3.8) is 0 Å². The second-order valence-corrected chi connectivity index (χ2v) is 14.0. The number of aromatic amines is 1. The van der Waals surface area contributed by atoms with Gasteiger partial charge in [-0.2, -0.15) is 4.98 Å². The van der Waals surface area contributed by atoms with E-state index >= 15 is 0 Å². The highest BCUT2D eigenvalue weighted by Crippen LogP contribution is 2.50. The molecule has 0 unspecified atom stereocenters. The average molecular weight is 679 g/mol. The average Bonchev–Trinajstić information content (AvgIpc) is 3.33. The van der Waals surface area contributed by atoms with E-state index in [0.717, 1.165) is 0 Å². The van der Waals surface area contributed by atoms with E-state index in [9.17, 15) is 39.0 Å². The quantitative estimate of drug-likeness (QED) is 0.202. The molecule has 2 aromatic heterocycles. The van der Waals surface area contributed by atoms with Gasteiger partial charge in [-0.25, -0.2) is 9.78 Å². The molecular formula is C31H34N8O8S. The maximum absolute atomic E-state index is 13.7. The smallest absolute Gasteiger partial charge is 0.327 e. The van der Waals surface area contributed by atoms with Crippen LogP contribution in [0.4, 0.5) is 5.95 Å². The number of thioether (sulfide) groups is 1. The minimum Gasteiger partial charge on any atom is -0.508 e. The normalized spacial score (nSPS) is 22.1. The summed E-state index contributed by atoms with van der Waals surface area (Å²) in [4.78, 5) is 94.1. The molecular weight excluding hydrogens is 644 g/mol. The number of piperazine rings is 1. The van der Waals surface area contributed by atoms with Crippen molar-refractivity contribution in [3.8, 4) is 5.75 Å². The van der Waals surface area contributed by atoms with E-state index in [1.807, 2.05) is 11.8 Å². The van der Waals surface area contributed by atoms with Crippen molar-refractivity contribution >= 4 is 58.3 Å². The van der Waals surface area contributed by atoms with Crippen molar-refractivity contribution in [1.29, 1.82) is 0 Å². The number of nitrogens with one attached hydrogen (secondary N) is 3. The zero-order valence-electron chi connectivity index (χ0n) is 26.3. The number of pyridine rings is 1. The van der Waals surface area contributed by atoms with Gasteiger partial charge in [-0.15, -0.1) is 11.8 Å². The largest absolute Gasteiger partial charge is 0.508 e. The van der Waals surface area contributed by atoms with E-state index in [-0.39, 0.29) is 33.8 Å². The summed E-state index contributed by atoms with van der Waals surface area (Å²) in [5, 5.41) is 24.1. The number of hydrogen-bond donors (Lipinski definition) is 5. The summed E-state index contributed by atoms with van der Waals surface area (Å²) in [7, 11) is 0. The summed E-state index contributed by atoms with van der Waals surface area (Å²) in [6.45, 7) is 7.32. The van der Waals surface area contributed by atoms with E-state index in [0.29, 0.717) is 38.5 Å². The molecule has 3 fully saturated rings. The number of H-pyrrole nitrogens is 1. The van der Waals surface area contributed by atoms with Gasteiger partial charge in [-0.3, -0.25) is 24.0 Å². The van der Waals surface area contributed by atoms with Crippen molar-refractivity contribution in [2.24, 2.45) is 0 Å². The first kappa shape index (κ1) is 32.7. The third-order valence-corrected chi connectivity index (χ3v) is 10.4. The van der Waals surface area contributed by atoms with Gasteiger partial charge in [0.15, 0.2) is 0 Å². The fraction of sp³-hybridized carbons (Fsp3) is 0.419. The van der Waals surface area contributed by atoms with Gasteiger partial charge in [0.1, 0.15) is 40.5 Å². The number of fused-ring (bicyclic) bond motifs is 2. The van der Waals surface area contributed by atoms with Gasteiger partial charge >= 0.3 is 5.97 Å². The fourth-order valence-corrected chi connectivity index (χ4v) is 7.88. The van der Waals surface area contributed by atoms with E-state index in [1.165, 1.54) is 53.3 Å². The number of rotatable bonds is 8. The Morgan fingerprint density at radius 2 is 1.79 bits per heavy atom. The van der Waals surface area contributed by atoms with Crippen molar-refractivity contribution in [2.45, 2.75) is 55.4 Å².